The topological polar surface area (TPSA) is 127 Å². The molecule has 0 fully saturated rings. The minimum absolute atomic E-state index is 0.0144. The molecule has 0 saturated heterocycles. The second kappa shape index (κ2) is 7.86. The Kier molecular flexibility index (Phi) is 5.62. The molecule has 2 amide bonds. The predicted molar refractivity (Wildman–Crippen MR) is 89.8 cm³/mol. The number of furan rings is 1. The number of nitrogens with zero attached hydrogens (tertiary/aromatic N) is 2. The highest BCUT2D eigenvalue weighted by atomic mass is 16.6. The smallest absolute Gasteiger partial charge is 0.329 e. The molecule has 1 aromatic heterocycles. The summed E-state index contributed by atoms with van der Waals surface area (Å²) in [4.78, 5) is 33.0. The number of hydrogen-bond acceptors (Lipinski definition) is 6. The van der Waals surface area contributed by atoms with Crippen molar-refractivity contribution < 1.29 is 18.9 Å². The van der Waals surface area contributed by atoms with Crippen LogP contribution in [-0.4, -0.2) is 29.0 Å². The molecule has 0 saturated carbocycles. The van der Waals surface area contributed by atoms with E-state index in [0.29, 0.717) is 17.1 Å². The molecule has 0 atom stereocenters. The van der Waals surface area contributed by atoms with Crippen molar-refractivity contribution in [3.8, 4) is 11.3 Å². The number of carbonyl (C=O) groups excluding carboxylic acids is 2. The Morgan fingerprint density at radius 2 is 1.84 bits per heavy atom. The van der Waals surface area contributed by atoms with E-state index < -0.39 is 16.7 Å². The average Bonchev–Trinajstić information content (AvgIpc) is 3.03. The molecule has 0 aliphatic carbocycles. The van der Waals surface area contributed by atoms with Crippen LogP contribution >= 0.6 is 0 Å². The van der Waals surface area contributed by atoms with E-state index in [1.165, 1.54) is 18.3 Å². The average molecular weight is 344 g/mol. The Morgan fingerprint density at radius 1 is 1.16 bits per heavy atom. The number of nitro groups is 1. The van der Waals surface area contributed by atoms with Gasteiger partial charge >= 0.3 is 11.8 Å². The first-order valence-electron chi connectivity index (χ1n) is 7.35. The van der Waals surface area contributed by atoms with Gasteiger partial charge in [-0.05, 0) is 38.1 Å². The summed E-state index contributed by atoms with van der Waals surface area (Å²) in [5, 5.41) is 16.7. The minimum Gasteiger partial charge on any atom is -0.455 e. The summed E-state index contributed by atoms with van der Waals surface area (Å²) in [5.41, 5.74) is 2.73. The number of benzene rings is 1. The number of nitro benzene ring substituents is 1. The van der Waals surface area contributed by atoms with E-state index in [2.05, 4.69) is 15.8 Å². The highest BCUT2D eigenvalue weighted by Crippen LogP contribution is 2.23. The third-order valence-electron chi connectivity index (χ3n) is 2.97. The van der Waals surface area contributed by atoms with Gasteiger partial charge in [-0.3, -0.25) is 19.7 Å². The first kappa shape index (κ1) is 17.9. The van der Waals surface area contributed by atoms with E-state index in [1.54, 1.807) is 38.1 Å². The van der Waals surface area contributed by atoms with Crippen molar-refractivity contribution in [1.82, 2.24) is 10.7 Å². The van der Waals surface area contributed by atoms with E-state index in [1.807, 2.05) is 0 Å². The Hall–Kier alpha value is -3.49. The normalized spacial score (nSPS) is 10.8. The fourth-order valence-corrected chi connectivity index (χ4v) is 1.86. The van der Waals surface area contributed by atoms with Gasteiger partial charge in [0.25, 0.3) is 5.69 Å². The molecule has 130 valence electrons. The van der Waals surface area contributed by atoms with Crippen molar-refractivity contribution in [1.29, 1.82) is 0 Å². The first-order chi connectivity index (χ1) is 11.9. The highest BCUT2D eigenvalue weighted by Gasteiger charge is 2.13. The molecule has 2 N–H and O–H groups in total. The molecule has 0 aliphatic rings. The van der Waals surface area contributed by atoms with Gasteiger partial charge in [-0.2, -0.15) is 5.10 Å². The number of rotatable bonds is 5. The van der Waals surface area contributed by atoms with Gasteiger partial charge in [-0.1, -0.05) is 0 Å². The number of amides is 2. The van der Waals surface area contributed by atoms with Gasteiger partial charge in [0.15, 0.2) is 0 Å². The van der Waals surface area contributed by atoms with Crippen LogP contribution in [0.4, 0.5) is 5.69 Å². The summed E-state index contributed by atoms with van der Waals surface area (Å²) in [6.45, 7) is 3.47. The summed E-state index contributed by atoms with van der Waals surface area (Å²) >= 11 is 0. The van der Waals surface area contributed by atoms with Crippen LogP contribution in [0.1, 0.15) is 19.6 Å². The quantitative estimate of drug-likeness (QED) is 0.370. The zero-order valence-electron chi connectivity index (χ0n) is 13.6. The lowest BCUT2D eigenvalue weighted by Crippen LogP contribution is -2.41. The molecule has 0 radical (unpaired) electrons. The van der Waals surface area contributed by atoms with Crippen LogP contribution in [0.15, 0.2) is 45.9 Å². The van der Waals surface area contributed by atoms with Gasteiger partial charge in [0.1, 0.15) is 11.5 Å². The summed E-state index contributed by atoms with van der Waals surface area (Å²) in [7, 11) is 0. The maximum absolute atomic E-state index is 11.5. The van der Waals surface area contributed by atoms with Crippen LogP contribution in [0.25, 0.3) is 11.3 Å². The Morgan fingerprint density at radius 3 is 2.44 bits per heavy atom. The minimum atomic E-state index is -0.882. The third-order valence-corrected chi connectivity index (χ3v) is 2.97. The number of nitrogens with one attached hydrogen (secondary N) is 2. The molecule has 25 heavy (non-hydrogen) atoms. The maximum Gasteiger partial charge on any atom is 0.329 e. The lowest BCUT2D eigenvalue weighted by atomic mass is 10.1. The van der Waals surface area contributed by atoms with E-state index in [9.17, 15) is 19.7 Å². The third kappa shape index (κ3) is 4.99. The number of non-ortho nitro benzene ring substituents is 1. The SMILES string of the molecule is CC(C)NC(=O)C(=O)N/N=C\c1ccc(-c2ccc([N+](=O)[O-])cc2)o1. The second-order valence-electron chi connectivity index (χ2n) is 5.33. The van der Waals surface area contributed by atoms with Crippen molar-refractivity contribution in [3.63, 3.8) is 0 Å². The van der Waals surface area contributed by atoms with Crippen LogP contribution in [0.3, 0.4) is 0 Å². The number of hydrogen-bond donors (Lipinski definition) is 2. The predicted octanol–water partition coefficient (Wildman–Crippen LogP) is 1.83. The van der Waals surface area contributed by atoms with E-state index in [-0.39, 0.29) is 11.7 Å². The van der Waals surface area contributed by atoms with Crippen molar-refractivity contribution in [2.45, 2.75) is 19.9 Å². The van der Waals surface area contributed by atoms with Crippen molar-refractivity contribution in [2.75, 3.05) is 0 Å². The van der Waals surface area contributed by atoms with Gasteiger partial charge in [0, 0.05) is 23.7 Å². The molecular formula is C16H16N4O5. The molecule has 1 aromatic carbocycles. The summed E-state index contributed by atoms with van der Waals surface area (Å²) < 4.78 is 5.51. The van der Waals surface area contributed by atoms with Crippen molar-refractivity contribution >= 4 is 23.7 Å². The molecule has 2 aromatic rings. The molecular weight excluding hydrogens is 328 g/mol. The fourth-order valence-electron chi connectivity index (χ4n) is 1.86. The van der Waals surface area contributed by atoms with Crippen LogP contribution in [0, 0.1) is 10.1 Å². The monoisotopic (exact) mass is 344 g/mol. The van der Waals surface area contributed by atoms with E-state index in [0.717, 1.165) is 0 Å². The zero-order valence-corrected chi connectivity index (χ0v) is 13.6. The Balaban J connectivity index is 1.98. The van der Waals surface area contributed by atoms with Crippen LogP contribution in [0.5, 0.6) is 0 Å². The molecule has 1 heterocycles. The van der Waals surface area contributed by atoms with Crippen molar-refractivity contribution in [3.05, 3.63) is 52.3 Å². The van der Waals surface area contributed by atoms with Crippen LogP contribution < -0.4 is 10.7 Å². The summed E-state index contributed by atoms with van der Waals surface area (Å²) in [6.07, 6.45) is 1.25. The first-order valence-corrected chi connectivity index (χ1v) is 7.35. The van der Waals surface area contributed by atoms with Gasteiger partial charge in [0.05, 0.1) is 11.1 Å². The van der Waals surface area contributed by atoms with Gasteiger partial charge in [-0.15, -0.1) is 0 Å². The van der Waals surface area contributed by atoms with Gasteiger partial charge < -0.3 is 9.73 Å². The molecule has 0 bridgehead atoms. The summed E-state index contributed by atoms with van der Waals surface area (Å²) in [6, 6.07) is 9.00. The molecule has 0 unspecified atom stereocenters. The lowest BCUT2D eigenvalue weighted by molar-refractivity contribution is -0.384. The standard InChI is InChI=1S/C16H16N4O5/c1-10(2)18-15(21)16(22)19-17-9-13-7-8-14(25-13)11-3-5-12(6-4-11)20(23)24/h3-10H,1-2H3,(H,18,21)(H,19,22)/b17-9-. The maximum atomic E-state index is 11.5. The van der Waals surface area contributed by atoms with Crippen LogP contribution in [0.2, 0.25) is 0 Å². The number of hydrazone groups is 1. The highest BCUT2D eigenvalue weighted by molar-refractivity contribution is 6.35. The fraction of sp³-hybridized carbons (Fsp3) is 0.188. The van der Waals surface area contributed by atoms with Crippen molar-refractivity contribution in [2.24, 2.45) is 5.10 Å². The lowest BCUT2D eigenvalue weighted by Gasteiger charge is -2.05. The van der Waals surface area contributed by atoms with Gasteiger partial charge in [-0.25, -0.2) is 5.43 Å². The Bertz CT molecular complexity index is 808. The summed E-state index contributed by atoms with van der Waals surface area (Å²) in [5.74, 6) is -0.830. The molecule has 9 heteroatoms. The molecule has 0 aliphatic heterocycles. The second-order valence-corrected chi connectivity index (χ2v) is 5.33. The largest absolute Gasteiger partial charge is 0.455 e. The molecule has 2 rings (SSSR count). The molecule has 9 nitrogen and oxygen atoms in total. The van der Waals surface area contributed by atoms with Crippen LogP contribution in [-0.2, 0) is 9.59 Å². The number of carbonyl (C=O) groups is 2. The molecule has 0 spiro atoms. The Labute approximate surface area is 142 Å². The zero-order chi connectivity index (χ0) is 18.4. The van der Waals surface area contributed by atoms with E-state index >= 15 is 0 Å². The van der Waals surface area contributed by atoms with Gasteiger partial charge in [0.2, 0.25) is 0 Å². The van der Waals surface area contributed by atoms with E-state index in [4.69, 9.17) is 4.42 Å².